The maximum atomic E-state index is 3.84. The molecule has 2 heterocycles. The molecule has 0 fully saturated rings. The third kappa shape index (κ3) is 13.3. The number of para-hydroxylation sites is 2. The largest absolute Gasteiger partial charge is 0.390 e. The molecule has 8 rings (SSSR count). The van der Waals surface area contributed by atoms with E-state index in [9.17, 15) is 0 Å². The molecule has 2 radical (unpaired) electrons. The Balaban J connectivity index is 0.000000579. The van der Waals surface area contributed by atoms with Crippen molar-refractivity contribution in [3.8, 4) is 22.3 Å². The molecule has 0 saturated heterocycles. The van der Waals surface area contributed by atoms with E-state index in [1.54, 1.807) is 0 Å². The van der Waals surface area contributed by atoms with Crippen LogP contribution in [0.1, 0.15) is 104 Å². The summed E-state index contributed by atoms with van der Waals surface area (Å²) in [5.41, 5.74) is 14.6. The average molecular weight is 1070 g/mol. The van der Waals surface area contributed by atoms with E-state index in [-0.39, 0.29) is 77.7 Å². The number of nitrogens with zero attached hydrogens (tertiary/aromatic N) is 6. The topological polar surface area (TPSA) is 22.8 Å². The molecule has 0 bridgehead atoms. The second kappa shape index (κ2) is 30.6. The number of rotatable bonds is 10. The van der Waals surface area contributed by atoms with Crippen LogP contribution in [0.15, 0.2) is 97.1 Å². The van der Waals surface area contributed by atoms with E-state index in [0.29, 0.717) is 0 Å². The van der Waals surface area contributed by atoms with Crippen molar-refractivity contribution in [3.63, 3.8) is 0 Å². The van der Waals surface area contributed by atoms with Crippen molar-refractivity contribution in [2.45, 2.75) is 109 Å². The first-order valence-corrected chi connectivity index (χ1v) is 24.4. The van der Waals surface area contributed by atoms with Gasteiger partial charge in [-0.15, -0.1) is 28.8 Å². The van der Waals surface area contributed by atoms with Crippen LogP contribution < -0.4 is 0 Å². The zero-order valence-electron chi connectivity index (χ0n) is 45.6. The number of fused-ring (bicyclic) bond motifs is 6. The van der Waals surface area contributed by atoms with Crippen molar-refractivity contribution in [1.82, 2.24) is 28.7 Å². The minimum Gasteiger partial charge on any atom is -0.390 e. The molecule has 0 amide bonds. The second-order valence-electron chi connectivity index (χ2n) is 16.2. The molecule has 6 aromatic carbocycles. The predicted molar refractivity (Wildman–Crippen MR) is 292 cm³/mol. The molecule has 0 aliphatic rings. The first kappa shape index (κ1) is 63.0. The first-order valence-electron chi connectivity index (χ1n) is 24.4. The summed E-state index contributed by atoms with van der Waals surface area (Å²) in [6.45, 7) is 26.7. The van der Waals surface area contributed by atoms with Crippen LogP contribution in [-0.2, 0) is 78.5 Å². The first-order chi connectivity index (χ1) is 31.9. The summed E-state index contributed by atoms with van der Waals surface area (Å²) in [7, 11) is 17.1. The molecule has 0 aliphatic carbocycles. The fraction of sp³-hybridized carbons (Fsp3) is 0.400. The zero-order chi connectivity index (χ0) is 49.4. The summed E-state index contributed by atoms with van der Waals surface area (Å²) in [5, 5.41) is 5.28. The van der Waals surface area contributed by atoms with E-state index in [0.717, 1.165) is 35.3 Å². The van der Waals surface area contributed by atoms with Gasteiger partial charge in [-0.05, 0) is 93.1 Å². The van der Waals surface area contributed by atoms with E-state index >= 15 is 0 Å². The van der Waals surface area contributed by atoms with Gasteiger partial charge < -0.3 is 9.13 Å². The summed E-state index contributed by atoms with van der Waals surface area (Å²) in [4.78, 5) is 9.06. The summed E-state index contributed by atoms with van der Waals surface area (Å²) in [6, 6.07) is 48.4. The maximum Gasteiger partial charge on any atom is 0.0697 e. The molecule has 0 spiro atoms. The quantitative estimate of drug-likeness (QED) is 0.101. The van der Waals surface area contributed by atoms with Crippen LogP contribution in [-0.4, -0.2) is 85.1 Å². The van der Waals surface area contributed by atoms with Gasteiger partial charge in [0.2, 0.25) is 0 Å². The molecule has 0 N–H and O–H groups in total. The summed E-state index contributed by atoms with van der Waals surface area (Å²) in [6.07, 6.45) is 0.310. The van der Waals surface area contributed by atoms with Gasteiger partial charge in [-0.1, -0.05) is 133 Å². The Bertz CT molecular complexity index is 2680. The van der Waals surface area contributed by atoms with Crippen molar-refractivity contribution >= 4 is 43.6 Å². The minimum atomic E-state index is 0. The molecule has 68 heavy (non-hydrogen) atoms. The van der Waals surface area contributed by atoms with Gasteiger partial charge >= 0.3 is 0 Å². The maximum absolute atomic E-state index is 3.84. The smallest absolute Gasteiger partial charge is 0.0697 e. The van der Waals surface area contributed by atoms with Gasteiger partial charge in [-0.25, -0.2) is 22.3 Å². The molecule has 8 aromatic rings. The van der Waals surface area contributed by atoms with Gasteiger partial charge in [0.05, 0.1) is 12.3 Å². The molecule has 0 aliphatic heterocycles. The van der Waals surface area contributed by atoms with Crippen molar-refractivity contribution in [1.29, 1.82) is 0 Å². The van der Waals surface area contributed by atoms with E-state index < -0.39 is 0 Å². The average Bonchev–Trinajstić information content (AvgIpc) is 3.86. The Labute approximate surface area is 464 Å². The third-order valence-electron chi connectivity index (χ3n) is 11.5. The Morgan fingerprint density at radius 3 is 1.22 bits per heavy atom. The van der Waals surface area contributed by atoms with Crippen LogP contribution in [0.2, 0.25) is 0 Å². The van der Waals surface area contributed by atoms with Crippen LogP contribution in [0.5, 0.6) is 0 Å². The number of aryl methyl sites for hydroxylation is 4. The van der Waals surface area contributed by atoms with E-state index in [2.05, 4.69) is 210 Å². The molecular formula is C60H82N6Y2-4. The van der Waals surface area contributed by atoms with Crippen molar-refractivity contribution < 1.29 is 65.4 Å². The molecule has 6 nitrogen and oxygen atoms in total. The van der Waals surface area contributed by atoms with Gasteiger partial charge in [-0.2, -0.15) is 60.7 Å². The van der Waals surface area contributed by atoms with Crippen LogP contribution in [0.3, 0.4) is 0 Å². The third-order valence-corrected chi connectivity index (χ3v) is 11.5. The number of benzene rings is 6. The second-order valence-corrected chi connectivity index (χ2v) is 16.2. The Morgan fingerprint density at radius 1 is 0.471 bits per heavy atom. The standard InChI is InChI=1S/2C26H29N3.4C2H6.2Y/c1-7-29-23-16-12-11-15-20(23)24-18(2)21(26(27(3)4)28(5)6)17-22(25(24)29)19-13-9-8-10-14-19;1-7-29-22-16-12-11-15-20(22)24-23(26(27(3)4)28(5)6)18(2)17-21(25(24)29)19-13-9-8-10-14-19;4*1-2;;/h2*8-13,15-16,26H,7H2,1-6H3;4*1-2H3;;/q2*-2;;;;;;. The van der Waals surface area contributed by atoms with Gasteiger partial charge in [0.1, 0.15) is 0 Å². The van der Waals surface area contributed by atoms with Crippen molar-refractivity contribution in [3.05, 3.63) is 144 Å². The minimum absolute atomic E-state index is 0. The molecule has 2 aromatic heterocycles. The van der Waals surface area contributed by atoms with Crippen LogP contribution in [0.25, 0.3) is 65.9 Å². The SMILES string of the molecule is CC.CC.CC.CC.CCn1c2ccccc2c2c(C(N(C)C)N(C)C)c(C)[c-]c(-c3[c-]cccc3)c21.CCn1c2ccccc2c2c(C)c(C(N(C)C)N(C)C)[c-]c(-c3[c-]cccc3)c21.[Y].[Y]. The van der Waals surface area contributed by atoms with Crippen molar-refractivity contribution in [2.75, 3.05) is 56.4 Å². The van der Waals surface area contributed by atoms with Crippen LogP contribution >= 0.6 is 0 Å². The summed E-state index contributed by atoms with van der Waals surface area (Å²) < 4.78 is 4.86. The molecule has 0 atom stereocenters. The van der Waals surface area contributed by atoms with Crippen molar-refractivity contribution in [2.24, 2.45) is 0 Å². The molecular weight excluding hydrogens is 983 g/mol. The van der Waals surface area contributed by atoms with Gasteiger partial charge in [-0.3, -0.25) is 19.6 Å². The molecule has 8 heteroatoms. The fourth-order valence-electron chi connectivity index (χ4n) is 9.38. The monoisotopic (exact) mass is 1060 g/mol. The van der Waals surface area contributed by atoms with Gasteiger partial charge in [0.15, 0.2) is 0 Å². The summed E-state index contributed by atoms with van der Waals surface area (Å²) in [5.74, 6) is 0. The van der Waals surface area contributed by atoms with E-state index in [4.69, 9.17) is 0 Å². The van der Waals surface area contributed by atoms with Gasteiger partial charge in [0, 0.05) is 89.5 Å². The zero-order valence-corrected chi connectivity index (χ0v) is 51.3. The van der Waals surface area contributed by atoms with Gasteiger partial charge in [0.25, 0.3) is 0 Å². The molecule has 0 unspecified atom stereocenters. The Hall–Kier alpha value is -3.03. The molecule has 362 valence electrons. The van der Waals surface area contributed by atoms with Crippen LogP contribution in [0, 0.1) is 38.1 Å². The fourth-order valence-corrected chi connectivity index (χ4v) is 9.38. The predicted octanol–water partition coefficient (Wildman–Crippen LogP) is 15.1. The van der Waals surface area contributed by atoms with Crippen LogP contribution in [0.4, 0.5) is 0 Å². The summed E-state index contributed by atoms with van der Waals surface area (Å²) >= 11 is 0. The molecule has 0 saturated carbocycles. The normalized spacial score (nSPS) is 10.7. The number of aromatic nitrogens is 2. The van der Waals surface area contributed by atoms with E-state index in [1.807, 2.05) is 79.7 Å². The number of hydrogen-bond donors (Lipinski definition) is 0. The Kier molecular flexibility index (Phi) is 28.4. The van der Waals surface area contributed by atoms with E-state index in [1.165, 1.54) is 65.9 Å². The number of hydrogen-bond acceptors (Lipinski definition) is 4. The Morgan fingerprint density at radius 2 is 0.838 bits per heavy atom.